The zero-order chi connectivity index (χ0) is 10.4. The topological polar surface area (TPSA) is 18.5 Å². The number of hydrogen-bond donors (Lipinski definition) is 0. The van der Waals surface area contributed by atoms with E-state index in [4.69, 9.17) is 9.47 Å². The Morgan fingerprint density at radius 2 is 1.71 bits per heavy atom. The highest BCUT2D eigenvalue weighted by Gasteiger charge is 2.13. The molecule has 1 rings (SSSR count). The molecule has 0 heterocycles. The van der Waals surface area contributed by atoms with Gasteiger partial charge in [-0.15, -0.1) is 0 Å². The normalized spacial score (nSPS) is 10.9. The second-order valence-corrected chi connectivity index (χ2v) is 3.93. The van der Waals surface area contributed by atoms with Gasteiger partial charge in [0.1, 0.15) is 0 Å². The molecule has 0 aliphatic rings. The molecule has 0 radical (unpaired) electrons. The van der Waals surface area contributed by atoms with E-state index >= 15 is 0 Å². The average Bonchev–Trinajstić information content (AvgIpc) is 2.18. The summed E-state index contributed by atoms with van der Waals surface area (Å²) in [7, 11) is 0. The first-order valence-electron chi connectivity index (χ1n) is 4.77. The molecule has 0 spiro atoms. The first-order valence-corrected chi connectivity index (χ1v) is 5.85. The quantitative estimate of drug-likeness (QED) is 0.613. The summed E-state index contributed by atoms with van der Waals surface area (Å²) in [5.74, 6) is 0. The fourth-order valence-electron chi connectivity index (χ4n) is 1.20. The predicted molar refractivity (Wildman–Crippen MR) is 65.2 cm³/mol. The molecule has 0 aromatic heterocycles. The van der Waals surface area contributed by atoms with E-state index in [0.29, 0.717) is 13.2 Å². The van der Waals surface area contributed by atoms with Crippen LogP contribution in [0.2, 0.25) is 0 Å². The lowest BCUT2D eigenvalue weighted by atomic mass is 10.2. The van der Waals surface area contributed by atoms with Crippen LogP contribution >= 0.6 is 22.6 Å². The molecule has 0 bridgehead atoms. The summed E-state index contributed by atoms with van der Waals surface area (Å²) >= 11 is 2.29. The molecule has 0 aliphatic heterocycles. The van der Waals surface area contributed by atoms with Gasteiger partial charge in [0.15, 0.2) is 6.29 Å². The Kier molecular flexibility index (Phi) is 5.44. The third-order valence-corrected chi connectivity index (χ3v) is 2.78. The summed E-state index contributed by atoms with van der Waals surface area (Å²) in [6.07, 6.45) is -0.224. The highest BCUT2D eigenvalue weighted by Crippen LogP contribution is 2.23. The lowest BCUT2D eigenvalue weighted by Crippen LogP contribution is -2.10. The Labute approximate surface area is 98.7 Å². The van der Waals surface area contributed by atoms with Gasteiger partial charge in [-0.2, -0.15) is 0 Å². The van der Waals surface area contributed by atoms with Gasteiger partial charge in [0.2, 0.25) is 0 Å². The van der Waals surface area contributed by atoms with Crippen LogP contribution in [0.25, 0.3) is 0 Å². The summed E-state index contributed by atoms with van der Waals surface area (Å²) in [4.78, 5) is 0. The molecule has 1 aromatic rings. The van der Waals surface area contributed by atoms with Gasteiger partial charge >= 0.3 is 0 Å². The van der Waals surface area contributed by atoms with Gasteiger partial charge in [0.05, 0.1) is 0 Å². The number of benzene rings is 1. The number of hydrogen-bond acceptors (Lipinski definition) is 2. The highest BCUT2D eigenvalue weighted by atomic mass is 127. The monoisotopic (exact) mass is 306 g/mol. The molecule has 0 saturated heterocycles. The largest absolute Gasteiger partial charge is 0.349 e. The third kappa shape index (κ3) is 3.22. The van der Waals surface area contributed by atoms with E-state index in [2.05, 4.69) is 28.7 Å². The van der Waals surface area contributed by atoms with Crippen LogP contribution in [-0.4, -0.2) is 13.2 Å². The second-order valence-electron chi connectivity index (χ2n) is 2.76. The summed E-state index contributed by atoms with van der Waals surface area (Å²) < 4.78 is 12.2. The van der Waals surface area contributed by atoms with Gasteiger partial charge in [-0.05, 0) is 42.5 Å². The number of rotatable bonds is 5. The van der Waals surface area contributed by atoms with Gasteiger partial charge in [-0.3, -0.25) is 0 Å². The number of halogens is 1. The van der Waals surface area contributed by atoms with Crippen LogP contribution < -0.4 is 0 Å². The Bertz CT molecular complexity index is 270. The fourth-order valence-corrected chi connectivity index (χ4v) is 1.84. The molecule has 0 atom stereocenters. The lowest BCUT2D eigenvalue weighted by molar-refractivity contribution is -0.140. The summed E-state index contributed by atoms with van der Waals surface area (Å²) in [5, 5.41) is 0. The molecule has 0 N–H and O–H groups in total. The van der Waals surface area contributed by atoms with Crippen LogP contribution in [0, 0.1) is 3.57 Å². The molecular formula is C11H15IO2. The van der Waals surface area contributed by atoms with Crippen molar-refractivity contribution in [3.63, 3.8) is 0 Å². The molecule has 78 valence electrons. The van der Waals surface area contributed by atoms with E-state index < -0.39 is 0 Å². The van der Waals surface area contributed by atoms with Gasteiger partial charge in [0, 0.05) is 22.3 Å². The molecule has 0 aliphatic carbocycles. The van der Waals surface area contributed by atoms with Crippen LogP contribution in [-0.2, 0) is 9.47 Å². The van der Waals surface area contributed by atoms with Crippen molar-refractivity contribution in [2.75, 3.05) is 13.2 Å². The Balaban J connectivity index is 2.81. The van der Waals surface area contributed by atoms with Gasteiger partial charge in [-0.1, -0.05) is 18.2 Å². The van der Waals surface area contributed by atoms with Crippen molar-refractivity contribution in [1.82, 2.24) is 0 Å². The van der Waals surface area contributed by atoms with Crippen molar-refractivity contribution in [1.29, 1.82) is 0 Å². The van der Waals surface area contributed by atoms with Gasteiger partial charge in [0.25, 0.3) is 0 Å². The SMILES string of the molecule is CCOC(OCC)c1ccccc1I. The van der Waals surface area contributed by atoms with Crippen LogP contribution in [0.4, 0.5) is 0 Å². The smallest absolute Gasteiger partial charge is 0.184 e. The standard InChI is InChI=1S/C11H15IO2/c1-3-13-11(14-4-2)9-7-5-6-8-10(9)12/h5-8,11H,3-4H2,1-2H3. The zero-order valence-corrected chi connectivity index (χ0v) is 10.7. The maximum atomic E-state index is 5.52. The van der Waals surface area contributed by atoms with Crippen molar-refractivity contribution in [3.05, 3.63) is 33.4 Å². The fraction of sp³-hybridized carbons (Fsp3) is 0.455. The minimum absolute atomic E-state index is 0.224. The third-order valence-electron chi connectivity index (χ3n) is 1.80. The molecule has 14 heavy (non-hydrogen) atoms. The van der Waals surface area contributed by atoms with Crippen LogP contribution in [0.1, 0.15) is 25.7 Å². The van der Waals surface area contributed by atoms with E-state index in [1.807, 2.05) is 32.0 Å². The van der Waals surface area contributed by atoms with E-state index in [1.54, 1.807) is 0 Å². The Morgan fingerprint density at radius 1 is 1.14 bits per heavy atom. The number of ether oxygens (including phenoxy) is 2. The average molecular weight is 306 g/mol. The minimum Gasteiger partial charge on any atom is -0.349 e. The van der Waals surface area contributed by atoms with E-state index in [1.165, 1.54) is 3.57 Å². The van der Waals surface area contributed by atoms with Crippen molar-refractivity contribution in [2.45, 2.75) is 20.1 Å². The highest BCUT2D eigenvalue weighted by molar-refractivity contribution is 14.1. The zero-order valence-electron chi connectivity index (χ0n) is 8.50. The summed E-state index contributed by atoms with van der Waals surface area (Å²) in [6.45, 7) is 5.27. The first kappa shape index (κ1) is 11.9. The molecule has 0 amide bonds. The van der Waals surface area contributed by atoms with Gasteiger partial charge in [-0.25, -0.2) is 0 Å². The Hall–Kier alpha value is -0.130. The van der Waals surface area contributed by atoms with E-state index in [0.717, 1.165) is 5.56 Å². The molecule has 0 saturated carbocycles. The van der Waals surface area contributed by atoms with E-state index in [9.17, 15) is 0 Å². The predicted octanol–water partition coefficient (Wildman–Crippen LogP) is 3.36. The first-order chi connectivity index (χ1) is 6.79. The van der Waals surface area contributed by atoms with Crippen molar-refractivity contribution in [3.8, 4) is 0 Å². The van der Waals surface area contributed by atoms with Crippen LogP contribution in [0.15, 0.2) is 24.3 Å². The van der Waals surface area contributed by atoms with Gasteiger partial charge < -0.3 is 9.47 Å². The second kappa shape index (κ2) is 6.37. The lowest BCUT2D eigenvalue weighted by Gasteiger charge is -2.18. The minimum atomic E-state index is -0.224. The van der Waals surface area contributed by atoms with Crippen molar-refractivity contribution in [2.24, 2.45) is 0 Å². The molecule has 0 fully saturated rings. The van der Waals surface area contributed by atoms with E-state index in [-0.39, 0.29) is 6.29 Å². The molecule has 0 unspecified atom stereocenters. The van der Waals surface area contributed by atoms with Crippen molar-refractivity contribution >= 4 is 22.6 Å². The maximum Gasteiger partial charge on any atom is 0.184 e. The molecular weight excluding hydrogens is 291 g/mol. The summed E-state index contributed by atoms with van der Waals surface area (Å²) in [6, 6.07) is 8.11. The maximum absolute atomic E-state index is 5.52. The molecule has 3 heteroatoms. The van der Waals surface area contributed by atoms with Crippen LogP contribution in [0.5, 0.6) is 0 Å². The molecule has 2 nitrogen and oxygen atoms in total. The van der Waals surface area contributed by atoms with Crippen LogP contribution in [0.3, 0.4) is 0 Å². The van der Waals surface area contributed by atoms with Crippen molar-refractivity contribution < 1.29 is 9.47 Å². The Morgan fingerprint density at radius 3 is 2.21 bits per heavy atom. The summed E-state index contributed by atoms with van der Waals surface area (Å²) in [5.41, 5.74) is 1.11. The molecule has 1 aromatic carbocycles.